The number of nitrogens with zero attached hydrogens (tertiary/aromatic N) is 2. The standard InChI is InChI=1S/C13H15FN2O/c1-9(17)10-4-5-16(8-10)13-3-2-12(14)6-11(13)7-15/h2-3,6,9-10,17H,4-5,8H2,1H3. The molecule has 1 aromatic carbocycles. The lowest BCUT2D eigenvalue weighted by atomic mass is 10.0. The molecule has 2 rings (SSSR count). The van der Waals surface area contributed by atoms with Crippen LogP contribution >= 0.6 is 0 Å². The summed E-state index contributed by atoms with van der Waals surface area (Å²) in [7, 11) is 0. The second-order valence-corrected chi connectivity index (χ2v) is 4.51. The highest BCUT2D eigenvalue weighted by Crippen LogP contribution is 2.28. The van der Waals surface area contributed by atoms with E-state index in [1.165, 1.54) is 12.1 Å². The fraction of sp³-hybridized carbons (Fsp3) is 0.462. The highest BCUT2D eigenvalue weighted by Gasteiger charge is 2.27. The fourth-order valence-electron chi connectivity index (χ4n) is 2.27. The van der Waals surface area contributed by atoms with Crippen LogP contribution in [-0.4, -0.2) is 24.3 Å². The number of aliphatic hydroxyl groups is 1. The Morgan fingerprint density at radius 3 is 2.94 bits per heavy atom. The van der Waals surface area contributed by atoms with Crippen LogP contribution in [0.25, 0.3) is 0 Å². The molecule has 17 heavy (non-hydrogen) atoms. The Labute approximate surface area is 100 Å². The summed E-state index contributed by atoms with van der Waals surface area (Å²) in [6.45, 7) is 3.30. The molecule has 90 valence electrons. The molecule has 0 spiro atoms. The second-order valence-electron chi connectivity index (χ2n) is 4.51. The fourth-order valence-corrected chi connectivity index (χ4v) is 2.27. The van der Waals surface area contributed by atoms with Crippen LogP contribution < -0.4 is 4.90 Å². The number of aliphatic hydroxyl groups excluding tert-OH is 1. The van der Waals surface area contributed by atoms with Crippen LogP contribution in [0.4, 0.5) is 10.1 Å². The van der Waals surface area contributed by atoms with Crippen molar-refractivity contribution >= 4 is 5.69 Å². The lowest BCUT2D eigenvalue weighted by Gasteiger charge is -2.20. The SMILES string of the molecule is CC(O)C1CCN(c2ccc(F)cc2C#N)C1. The van der Waals surface area contributed by atoms with Gasteiger partial charge in [-0.05, 0) is 31.5 Å². The van der Waals surface area contributed by atoms with E-state index >= 15 is 0 Å². The van der Waals surface area contributed by atoms with Gasteiger partial charge >= 0.3 is 0 Å². The number of halogens is 1. The normalized spacial score (nSPS) is 21.3. The van der Waals surface area contributed by atoms with Crippen molar-refractivity contribution in [2.75, 3.05) is 18.0 Å². The van der Waals surface area contributed by atoms with Crippen molar-refractivity contribution in [3.05, 3.63) is 29.6 Å². The Bertz CT molecular complexity index is 453. The van der Waals surface area contributed by atoms with Crippen LogP contribution in [0, 0.1) is 23.1 Å². The summed E-state index contributed by atoms with van der Waals surface area (Å²) in [5.74, 6) is -0.164. The zero-order valence-corrected chi connectivity index (χ0v) is 9.73. The Kier molecular flexibility index (Phi) is 3.30. The van der Waals surface area contributed by atoms with E-state index in [2.05, 4.69) is 0 Å². The van der Waals surface area contributed by atoms with Crippen LogP contribution in [0.3, 0.4) is 0 Å². The van der Waals surface area contributed by atoms with Crippen molar-refractivity contribution in [2.45, 2.75) is 19.4 Å². The molecule has 0 aliphatic carbocycles. The summed E-state index contributed by atoms with van der Waals surface area (Å²) in [6, 6.07) is 6.27. The maximum Gasteiger partial charge on any atom is 0.124 e. The van der Waals surface area contributed by atoms with Gasteiger partial charge in [-0.1, -0.05) is 0 Å². The van der Waals surface area contributed by atoms with Crippen molar-refractivity contribution in [3.63, 3.8) is 0 Å². The Balaban J connectivity index is 2.22. The first-order chi connectivity index (χ1) is 8.11. The predicted molar refractivity (Wildman–Crippen MR) is 63.1 cm³/mol. The van der Waals surface area contributed by atoms with Crippen molar-refractivity contribution < 1.29 is 9.50 Å². The van der Waals surface area contributed by atoms with E-state index in [9.17, 15) is 9.50 Å². The summed E-state index contributed by atoms with van der Waals surface area (Å²) < 4.78 is 13.0. The van der Waals surface area contributed by atoms with Crippen molar-refractivity contribution in [2.24, 2.45) is 5.92 Å². The van der Waals surface area contributed by atoms with E-state index in [-0.39, 0.29) is 12.0 Å². The van der Waals surface area contributed by atoms with E-state index in [0.29, 0.717) is 5.56 Å². The molecule has 0 bridgehead atoms. The minimum atomic E-state index is -0.392. The van der Waals surface area contributed by atoms with Crippen molar-refractivity contribution in [1.82, 2.24) is 0 Å². The number of hydrogen-bond acceptors (Lipinski definition) is 3. The third-order valence-corrected chi connectivity index (χ3v) is 3.33. The average Bonchev–Trinajstić information content (AvgIpc) is 2.78. The van der Waals surface area contributed by atoms with Gasteiger partial charge in [0.1, 0.15) is 11.9 Å². The molecule has 2 unspecified atom stereocenters. The summed E-state index contributed by atoms with van der Waals surface area (Å²) in [5.41, 5.74) is 1.12. The third kappa shape index (κ3) is 2.40. The zero-order valence-electron chi connectivity index (χ0n) is 9.73. The summed E-state index contributed by atoms with van der Waals surface area (Å²) in [4.78, 5) is 2.04. The van der Waals surface area contributed by atoms with Crippen molar-refractivity contribution in [3.8, 4) is 6.07 Å². The molecular weight excluding hydrogens is 219 g/mol. The molecule has 1 heterocycles. The quantitative estimate of drug-likeness (QED) is 0.850. The number of hydrogen-bond donors (Lipinski definition) is 1. The van der Waals surface area contributed by atoms with Gasteiger partial charge in [0, 0.05) is 19.0 Å². The minimum Gasteiger partial charge on any atom is -0.393 e. The van der Waals surface area contributed by atoms with E-state index < -0.39 is 5.82 Å². The van der Waals surface area contributed by atoms with E-state index in [0.717, 1.165) is 25.2 Å². The van der Waals surface area contributed by atoms with Crippen LogP contribution in [0.5, 0.6) is 0 Å². The largest absolute Gasteiger partial charge is 0.393 e. The monoisotopic (exact) mass is 234 g/mol. The molecule has 0 aromatic heterocycles. The summed E-state index contributed by atoms with van der Waals surface area (Å²) in [6.07, 6.45) is 0.561. The molecule has 0 amide bonds. The second kappa shape index (κ2) is 4.72. The molecule has 1 aromatic rings. The Morgan fingerprint density at radius 2 is 2.35 bits per heavy atom. The van der Waals surface area contributed by atoms with Crippen LogP contribution in [-0.2, 0) is 0 Å². The average molecular weight is 234 g/mol. The molecule has 0 saturated carbocycles. The van der Waals surface area contributed by atoms with Gasteiger partial charge in [-0.3, -0.25) is 0 Å². The topological polar surface area (TPSA) is 47.3 Å². The molecule has 0 radical (unpaired) electrons. The number of anilines is 1. The van der Waals surface area contributed by atoms with Crippen LogP contribution in [0.1, 0.15) is 18.9 Å². The maximum absolute atomic E-state index is 13.0. The van der Waals surface area contributed by atoms with Gasteiger partial charge in [0.25, 0.3) is 0 Å². The highest BCUT2D eigenvalue weighted by molar-refractivity contribution is 5.60. The van der Waals surface area contributed by atoms with Gasteiger partial charge < -0.3 is 10.0 Å². The van der Waals surface area contributed by atoms with Gasteiger partial charge in [0.15, 0.2) is 0 Å². The third-order valence-electron chi connectivity index (χ3n) is 3.33. The van der Waals surface area contributed by atoms with Crippen molar-refractivity contribution in [1.29, 1.82) is 5.26 Å². The smallest absolute Gasteiger partial charge is 0.124 e. The zero-order chi connectivity index (χ0) is 12.4. The van der Waals surface area contributed by atoms with E-state index in [1.54, 1.807) is 13.0 Å². The minimum absolute atomic E-state index is 0.228. The molecule has 3 nitrogen and oxygen atoms in total. The first kappa shape index (κ1) is 11.9. The molecule has 1 N–H and O–H groups in total. The Morgan fingerprint density at radius 1 is 1.59 bits per heavy atom. The molecule has 1 aliphatic heterocycles. The van der Waals surface area contributed by atoms with Crippen LogP contribution in [0.15, 0.2) is 18.2 Å². The Hall–Kier alpha value is -1.60. The predicted octanol–water partition coefficient (Wildman–Crippen LogP) is 1.90. The molecule has 1 saturated heterocycles. The molecule has 4 heteroatoms. The summed E-state index contributed by atoms with van der Waals surface area (Å²) in [5, 5.41) is 18.5. The van der Waals surface area contributed by atoms with Gasteiger partial charge in [-0.25, -0.2) is 4.39 Å². The van der Waals surface area contributed by atoms with E-state index in [4.69, 9.17) is 5.26 Å². The first-order valence-corrected chi connectivity index (χ1v) is 5.74. The first-order valence-electron chi connectivity index (χ1n) is 5.74. The molecule has 2 atom stereocenters. The number of benzene rings is 1. The lowest BCUT2D eigenvalue weighted by Crippen LogP contribution is -2.24. The molecule has 1 aliphatic rings. The van der Waals surface area contributed by atoms with Gasteiger partial charge in [0.05, 0.1) is 17.4 Å². The number of rotatable bonds is 2. The number of nitriles is 1. The maximum atomic E-state index is 13.0. The molecular formula is C13H15FN2O. The van der Waals surface area contributed by atoms with Gasteiger partial charge in [-0.15, -0.1) is 0 Å². The lowest BCUT2D eigenvalue weighted by molar-refractivity contribution is 0.136. The van der Waals surface area contributed by atoms with E-state index in [1.807, 2.05) is 11.0 Å². The molecule has 1 fully saturated rings. The summed E-state index contributed by atoms with van der Waals surface area (Å²) >= 11 is 0. The van der Waals surface area contributed by atoms with Gasteiger partial charge in [0.2, 0.25) is 0 Å². The van der Waals surface area contributed by atoms with Gasteiger partial charge in [-0.2, -0.15) is 5.26 Å². The van der Waals surface area contributed by atoms with Crippen LogP contribution in [0.2, 0.25) is 0 Å². The highest BCUT2D eigenvalue weighted by atomic mass is 19.1.